The molecule has 0 radical (unpaired) electrons. The van der Waals surface area contributed by atoms with Gasteiger partial charge in [0.2, 0.25) is 0 Å². The van der Waals surface area contributed by atoms with Gasteiger partial charge in [-0.05, 0) is 18.4 Å². The van der Waals surface area contributed by atoms with Crippen molar-refractivity contribution in [3.05, 3.63) is 71.3 Å². The van der Waals surface area contributed by atoms with Gasteiger partial charge in [0.25, 0.3) is 15.9 Å². The number of halogens is 2. The summed E-state index contributed by atoms with van der Waals surface area (Å²) in [7, 11) is -3.44. The molecule has 2 aliphatic rings. The summed E-state index contributed by atoms with van der Waals surface area (Å²) in [5.41, 5.74) is 0.691. The van der Waals surface area contributed by atoms with Crippen molar-refractivity contribution in [3.63, 3.8) is 0 Å². The predicted octanol–water partition coefficient (Wildman–Crippen LogP) is 3.75. The molecule has 0 bridgehead atoms. The highest BCUT2D eigenvalue weighted by molar-refractivity contribution is 7.90. The van der Waals surface area contributed by atoms with Gasteiger partial charge in [0.1, 0.15) is 5.84 Å². The number of hydrogen-bond donors (Lipinski definition) is 0. The third-order valence-corrected chi connectivity index (χ3v) is 6.38. The molecule has 4 rings (SSSR count). The average Bonchev–Trinajstić information content (AvgIpc) is 2.68. The monoisotopic (exact) mass is 390 g/mol. The van der Waals surface area contributed by atoms with Crippen LogP contribution in [0.25, 0.3) is 0 Å². The summed E-state index contributed by atoms with van der Waals surface area (Å²) in [6.45, 7) is 1.23. The van der Waals surface area contributed by atoms with Crippen LogP contribution in [0.5, 0.6) is 0 Å². The van der Waals surface area contributed by atoms with Gasteiger partial charge in [-0.25, -0.2) is 8.42 Å². The van der Waals surface area contributed by atoms with Gasteiger partial charge in [0, 0.05) is 30.1 Å². The second-order valence-electron chi connectivity index (χ2n) is 6.98. The standard InChI is InChI=1S/C20H20F2N2O2S/c21-20(22,16-5-2-1-3-6-16)17-10-8-15(9-11-17)18-7-4-12-24-13-14-27(25,26)23-19(18)24/h1-3,5-6,8-11,18H,4,7,12-14H2. The van der Waals surface area contributed by atoms with Crippen LogP contribution >= 0.6 is 0 Å². The van der Waals surface area contributed by atoms with Crippen molar-refractivity contribution in [2.24, 2.45) is 4.40 Å². The molecular formula is C20H20F2N2O2S. The fourth-order valence-electron chi connectivity index (χ4n) is 3.77. The molecule has 27 heavy (non-hydrogen) atoms. The number of fused-ring (bicyclic) bond motifs is 1. The van der Waals surface area contributed by atoms with Gasteiger partial charge < -0.3 is 4.90 Å². The van der Waals surface area contributed by atoms with E-state index in [2.05, 4.69) is 4.40 Å². The van der Waals surface area contributed by atoms with Crippen molar-refractivity contribution in [2.75, 3.05) is 18.8 Å². The van der Waals surface area contributed by atoms with Crippen molar-refractivity contribution in [1.82, 2.24) is 4.90 Å². The molecule has 0 saturated carbocycles. The SMILES string of the molecule is O=S1(=O)CCN2CCCC(c3ccc(C(F)(F)c4ccccc4)cc3)C2=N1. The zero-order valence-electron chi connectivity index (χ0n) is 14.7. The van der Waals surface area contributed by atoms with E-state index in [-0.39, 0.29) is 22.8 Å². The van der Waals surface area contributed by atoms with Crippen LogP contribution in [-0.2, 0) is 15.9 Å². The third-order valence-electron chi connectivity index (χ3n) is 5.22. The quantitative estimate of drug-likeness (QED) is 0.802. The van der Waals surface area contributed by atoms with Gasteiger partial charge in [0.05, 0.1) is 5.75 Å². The molecule has 1 unspecified atom stereocenters. The van der Waals surface area contributed by atoms with Gasteiger partial charge in [0.15, 0.2) is 0 Å². The molecule has 2 aliphatic heterocycles. The maximum atomic E-state index is 14.7. The van der Waals surface area contributed by atoms with Crippen molar-refractivity contribution in [2.45, 2.75) is 24.7 Å². The highest BCUT2D eigenvalue weighted by Crippen LogP contribution is 2.37. The maximum Gasteiger partial charge on any atom is 0.298 e. The Morgan fingerprint density at radius 3 is 2.33 bits per heavy atom. The number of piperidine rings is 1. The number of amidine groups is 1. The Balaban J connectivity index is 1.65. The van der Waals surface area contributed by atoms with Crippen LogP contribution < -0.4 is 0 Å². The Morgan fingerprint density at radius 1 is 0.963 bits per heavy atom. The van der Waals surface area contributed by atoms with Gasteiger partial charge >= 0.3 is 0 Å². The molecular weight excluding hydrogens is 370 g/mol. The maximum absolute atomic E-state index is 14.7. The van der Waals surface area contributed by atoms with Crippen LogP contribution in [0.15, 0.2) is 59.0 Å². The molecule has 0 aliphatic carbocycles. The topological polar surface area (TPSA) is 49.7 Å². The molecule has 2 aromatic rings. The minimum absolute atomic E-state index is 0.0332. The summed E-state index contributed by atoms with van der Waals surface area (Å²) >= 11 is 0. The zero-order valence-corrected chi connectivity index (χ0v) is 15.5. The summed E-state index contributed by atoms with van der Waals surface area (Å²) in [5, 5.41) is 0. The van der Waals surface area contributed by atoms with E-state index in [9.17, 15) is 17.2 Å². The van der Waals surface area contributed by atoms with E-state index in [4.69, 9.17) is 0 Å². The second kappa shape index (κ2) is 6.71. The molecule has 2 heterocycles. The highest BCUT2D eigenvalue weighted by Gasteiger charge is 2.36. The van der Waals surface area contributed by atoms with Gasteiger partial charge in [-0.3, -0.25) is 0 Å². The molecule has 1 fully saturated rings. The van der Waals surface area contributed by atoms with Crippen molar-refractivity contribution in [1.29, 1.82) is 0 Å². The molecule has 7 heteroatoms. The first kappa shape index (κ1) is 18.1. The Labute approximate surface area is 157 Å². The fourth-order valence-corrected chi connectivity index (χ4v) is 4.84. The summed E-state index contributed by atoms with van der Waals surface area (Å²) in [5.74, 6) is -2.67. The highest BCUT2D eigenvalue weighted by atomic mass is 32.2. The number of sulfonamides is 1. The normalized spacial score (nSPS) is 22.1. The van der Waals surface area contributed by atoms with E-state index in [1.807, 2.05) is 4.90 Å². The first-order chi connectivity index (χ1) is 12.9. The van der Waals surface area contributed by atoms with E-state index in [0.717, 1.165) is 24.9 Å². The minimum Gasteiger partial charge on any atom is -0.358 e. The van der Waals surface area contributed by atoms with Crippen LogP contribution in [0.3, 0.4) is 0 Å². The Kier molecular flexibility index (Phi) is 4.50. The lowest BCUT2D eigenvalue weighted by molar-refractivity contribution is 0.0428. The largest absolute Gasteiger partial charge is 0.358 e. The van der Waals surface area contributed by atoms with Gasteiger partial charge in [-0.2, -0.15) is 8.78 Å². The zero-order chi connectivity index (χ0) is 19.1. The molecule has 0 N–H and O–H groups in total. The molecule has 142 valence electrons. The number of alkyl halides is 2. The number of hydrogen-bond acceptors (Lipinski definition) is 3. The smallest absolute Gasteiger partial charge is 0.298 e. The summed E-state index contributed by atoms with van der Waals surface area (Å²) in [6, 6.07) is 13.9. The summed E-state index contributed by atoms with van der Waals surface area (Å²) in [6.07, 6.45) is 1.69. The van der Waals surface area contributed by atoms with E-state index in [1.54, 1.807) is 30.3 Å². The first-order valence-corrected chi connectivity index (χ1v) is 10.6. The summed E-state index contributed by atoms with van der Waals surface area (Å²) in [4.78, 5) is 2.00. The van der Waals surface area contributed by atoms with E-state index in [1.165, 1.54) is 24.3 Å². The van der Waals surface area contributed by atoms with Crippen molar-refractivity contribution >= 4 is 15.9 Å². The molecule has 4 nitrogen and oxygen atoms in total. The summed E-state index contributed by atoms with van der Waals surface area (Å²) < 4.78 is 57.2. The second-order valence-corrected chi connectivity index (χ2v) is 8.73. The van der Waals surface area contributed by atoms with E-state index >= 15 is 0 Å². The van der Waals surface area contributed by atoms with Gasteiger partial charge in [-0.1, -0.05) is 54.6 Å². The third kappa shape index (κ3) is 3.48. The lowest BCUT2D eigenvalue weighted by Gasteiger charge is -2.37. The minimum atomic E-state index is -3.44. The molecule has 0 spiro atoms. The van der Waals surface area contributed by atoms with Crippen LogP contribution in [0, 0.1) is 0 Å². The number of nitrogens with zero attached hydrogens (tertiary/aromatic N) is 2. The van der Waals surface area contributed by atoms with Crippen LogP contribution in [0.4, 0.5) is 8.78 Å². The van der Waals surface area contributed by atoms with Crippen molar-refractivity contribution in [3.8, 4) is 0 Å². The number of benzene rings is 2. The van der Waals surface area contributed by atoms with E-state index < -0.39 is 15.9 Å². The van der Waals surface area contributed by atoms with Crippen LogP contribution in [-0.4, -0.2) is 38.0 Å². The molecule has 1 saturated heterocycles. The number of rotatable bonds is 3. The Hall–Kier alpha value is -2.28. The van der Waals surface area contributed by atoms with Crippen molar-refractivity contribution < 1.29 is 17.2 Å². The lowest BCUT2D eigenvalue weighted by atomic mass is 9.88. The fraction of sp³-hybridized carbons (Fsp3) is 0.350. The lowest BCUT2D eigenvalue weighted by Crippen LogP contribution is -2.46. The average molecular weight is 390 g/mol. The molecule has 0 amide bonds. The van der Waals surface area contributed by atoms with E-state index in [0.29, 0.717) is 12.4 Å². The Morgan fingerprint density at radius 2 is 1.63 bits per heavy atom. The molecule has 0 aromatic heterocycles. The van der Waals surface area contributed by atoms with Gasteiger partial charge in [-0.15, -0.1) is 4.40 Å². The Bertz CT molecular complexity index is 957. The molecule has 2 aromatic carbocycles. The first-order valence-electron chi connectivity index (χ1n) is 8.98. The predicted molar refractivity (Wildman–Crippen MR) is 101 cm³/mol. The molecule has 1 atom stereocenters. The van der Waals surface area contributed by atoms with Crippen LogP contribution in [0.2, 0.25) is 0 Å². The van der Waals surface area contributed by atoms with Crippen LogP contribution in [0.1, 0.15) is 35.4 Å².